The number of aryl methyl sites for hydroxylation is 1. The molecule has 0 atom stereocenters. The molecule has 0 fully saturated rings. The van der Waals surface area contributed by atoms with Crippen molar-refractivity contribution in [3.05, 3.63) is 76.6 Å². The van der Waals surface area contributed by atoms with Crippen molar-refractivity contribution in [2.45, 2.75) is 31.7 Å². The largest absolute Gasteiger partial charge is 0.484 e. The molecule has 9 heteroatoms. The lowest BCUT2D eigenvalue weighted by Crippen LogP contribution is -2.16. The third-order valence-electron chi connectivity index (χ3n) is 4.36. The zero-order valence-corrected chi connectivity index (χ0v) is 19.3. The van der Waals surface area contributed by atoms with Gasteiger partial charge < -0.3 is 10.1 Å². The topological polar surface area (TPSA) is 69.0 Å². The van der Waals surface area contributed by atoms with Crippen molar-refractivity contribution in [3.8, 4) is 5.75 Å². The second-order valence-corrected chi connectivity index (χ2v) is 8.30. The lowest BCUT2D eigenvalue weighted by atomic mass is 10.1. The summed E-state index contributed by atoms with van der Waals surface area (Å²) >= 11 is 13.5. The Morgan fingerprint density at radius 2 is 2.06 bits per heavy atom. The zero-order chi connectivity index (χ0) is 22.2. The number of para-hydroxylation sites is 1. The first kappa shape index (κ1) is 23.2. The Hall–Kier alpha value is -2.48. The lowest BCUT2D eigenvalue weighted by Gasteiger charge is -2.11. The van der Waals surface area contributed by atoms with E-state index in [-0.39, 0.29) is 18.3 Å². The van der Waals surface area contributed by atoms with Gasteiger partial charge >= 0.3 is 0 Å². The molecular weight excluding hydrogens is 455 g/mol. The first-order chi connectivity index (χ1) is 15.0. The number of thioether (sulfide) groups is 1. The first-order valence-corrected chi connectivity index (χ1v) is 11.4. The molecule has 0 bridgehead atoms. The minimum Gasteiger partial charge on any atom is -0.484 e. The summed E-state index contributed by atoms with van der Waals surface area (Å²) in [7, 11) is 0. The highest BCUT2D eigenvalue weighted by Gasteiger charge is 2.15. The molecule has 0 saturated heterocycles. The fourth-order valence-electron chi connectivity index (χ4n) is 2.84. The van der Waals surface area contributed by atoms with E-state index in [9.17, 15) is 4.79 Å². The number of nitrogens with zero attached hydrogens (tertiary/aromatic N) is 3. The summed E-state index contributed by atoms with van der Waals surface area (Å²) in [6, 6.07) is 12.8. The number of allylic oxidation sites excluding steroid dienone is 1. The predicted molar refractivity (Wildman–Crippen MR) is 126 cm³/mol. The smallest absolute Gasteiger partial charge is 0.234 e. The second-order valence-electron chi connectivity index (χ2n) is 6.51. The molecule has 1 heterocycles. The number of aromatic nitrogens is 3. The van der Waals surface area contributed by atoms with Gasteiger partial charge in [-0.25, -0.2) is 0 Å². The number of hydrogen-bond donors (Lipinski definition) is 1. The van der Waals surface area contributed by atoms with E-state index in [4.69, 9.17) is 27.9 Å². The maximum absolute atomic E-state index is 12.4. The molecular formula is C22H22Cl2N4O2S. The molecule has 1 amide bonds. The summed E-state index contributed by atoms with van der Waals surface area (Å²) in [6.07, 6.45) is 2.58. The number of benzene rings is 2. The second kappa shape index (κ2) is 11.2. The van der Waals surface area contributed by atoms with Crippen LogP contribution in [0.4, 0.5) is 5.69 Å². The van der Waals surface area contributed by atoms with Crippen molar-refractivity contribution in [1.82, 2.24) is 14.8 Å². The van der Waals surface area contributed by atoms with E-state index in [2.05, 4.69) is 29.0 Å². The summed E-state index contributed by atoms with van der Waals surface area (Å²) in [6.45, 7) is 6.47. The van der Waals surface area contributed by atoms with Crippen LogP contribution in [0, 0.1) is 0 Å². The number of amides is 1. The Morgan fingerprint density at radius 1 is 1.26 bits per heavy atom. The van der Waals surface area contributed by atoms with Crippen molar-refractivity contribution < 1.29 is 9.53 Å². The predicted octanol–water partition coefficient (Wildman–Crippen LogP) is 5.64. The third kappa shape index (κ3) is 6.26. The summed E-state index contributed by atoms with van der Waals surface area (Å²) in [5.41, 5.74) is 1.92. The summed E-state index contributed by atoms with van der Waals surface area (Å²) < 4.78 is 7.62. The van der Waals surface area contributed by atoms with Crippen molar-refractivity contribution in [3.63, 3.8) is 0 Å². The number of carbonyl (C=O) groups is 1. The third-order valence-corrected chi connectivity index (χ3v) is 5.87. The monoisotopic (exact) mass is 476 g/mol. The lowest BCUT2D eigenvalue weighted by molar-refractivity contribution is -0.113. The standard InChI is InChI=1S/C22H22Cl2N4O2S/c1-3-11-28-20(13-30-19-12-16(23)9-10-17(19)24)26-27-22(28)31-14-21(29)25-18-8-6-5-7-15(18)4-2/h3,5-10,12H,1,4,11,13-14H2,2H3,(H,25,29). The highest BCUT2D eigenvalue weighted by Crippen LogP contribution is 2.28. The fourth-order valence-corrected chi connectivity index (χ4v) is 3.94. The summed E-state index contributed by atoms with van der Waals surface area (Å²) in [5.74, 6) is 1.15. The normalized spacial score (nSPS) is 10.7. The van der Waals surface area contributed by atoms with Crippen LogP contribution in [-0.2, 0) is 24.4 Å². The molecule has 0 aliphatic carbocycles. The van der Waals surface area contributed by atoms with Gasteiger partial charge in [0.1, 0.15) is 12.4 Å². The van der Waals surface area contributed by atoms with Crippen LogP contribution < -0.4 is 10.1 Å². The number of hydrogen-bond acceptors (Lipinski definition) is 5. The number of ether oxygens (including phenoxy) is 1. The average molecular weight is 477 g/mol. The number of halogens is 2. The maximum Gasteiger partial charge on any atom is 0.234 e. The van der Waals surface area contributed by atoms with Gasteiger partial charge in [0.15, 0.2) is 11.0 Å². The molecule has 0 spiro atoms. The summed E-state index contributed by atoms with van der Waals surface area (Å²) in [4.78, 5) is 12.4. The zero-order valence-electron chi connectivity index (χ0n) is 17.0. The van der Waals surface area contributed by atoms with Gasteiger partial charge in [-0.15, -0.1) is 16.8 Å². The van der Waals surface area contributed by atoms with Crippen molar-refractivity contribution in [2.24, 2.45) is 0 Å². The molecule has 0 unspecified atom stereocenters. The fraction of sp³-hybridized carbons (Fsp3) is 0.227. The van der Waals surface area contributed by atoms with Crippen LogP contribution in [0.5, 0.6) is 5.75 Å². The van der Waals surface area contributed by atoms with Crippen LogP contribution >= 0.6 is 35.0 Å². The van der Waals surface area contributed by atoms with E-state index >= 15 is 0 Å². The highest BCUT2D eigenvalue weighted by atomic mass is 35.5. The number of anilines is 1. The van der Waals surface area contributed by atoms with Gasteiger partial charge in [-0.2, -0.15) is 0 Å². The molecule has 3 rings (SSSR count). The van der Waals surface area contributed by atoms with Crippen LogP contribution in [0.25, 0.3) is 0 Å². The van der Waals surface area contributed by atoms with E-state index in [1.165, 1.54) is 11.8 Å². The van der Waals surface area contributed by atoms with Crippen molar-refractivity contribution in [2.75, 3.05) is 11.1 Å². The van der Waals surface area contributed by atoms with Gasteiger partial charge in [0.2, 0.25) is 5.91 Å². The molecule has 1 aromatic heterocycles. The van der Waals surface area contributed by atoms with E-state index in [0.29, 0.717) is 33.3 Å². The van der Waals surface area contributed by atoms with Gasteiger partial charge in [0.05, 0.1) is 10.8 Å². The maximum atomic E-state index is 12.4. The minimum absolute atomic E-state index is 0.109. The van der Waals surface area contributed by atoms with Gasteiger partial charge in [-0.05, 0) is 30.2 Å². The van der Waals surface area contributed by atoms with E-state index in [0.717, 1.165) is 17.7 Å². The van der Waals surface area contributed by atoms with Gasteiger partial charge in [-0.1, -0.05) is 66.2 Å². The molecule has 0 radical (unpaired) electrons. The molecule has 1 N–H and O–H groups in total. The van der Waals surface area contributed by atoms with E-state index < -0.39 is 0 Å². The molecule has 162 valence electrons. The van der Waals surface area contributed by atoms with Crippen LogP contribution in [0.1, 0.15) is 18.3 Å². The molecule has 31 heavy (non-hydrogen) atoms. The molecule has 0 saturated carbocycles. The van der Waals surface area contributed by atoms with Gasteiger partial charge in [0.25, 0.3) is 0 Å². The molecule has 6 nitrogen and oxygen atoms in total. The summed E-state index contributed by atoms with van der Waals surface area (Å²) in [5, 5.41) is 13.0. The van der Waals surface area contributed by atoms with Gasteiger partial charge in [-0.3, -0.25) is 9.36 Å². The Balaban J connectivity index is 1.65. The Kier molecular flexibility index (Phi) is 8.40. The molecule has 0 aliphatic heterocycles. The molecule has 0 aliphatic rings. The van der Waals surface area contributed by atoms with Crippen LogP contribution in [-0.4, -0.2) is 26.4 Å². The highest BCUT2D eigenvalue weighted by molar-refractivity contribution is 7.99. The van der Waals surface area contributed by atoms with E-state index in [1.54, 1.807) is 24.3 Å². The van der Waals surface area contributed by atoms with Crippen LogP contribution in [0.15, 0.2) is 60.3 Å². The number of carbonyl (C=O) groups excluding carboxylic acids is 1. The van der Waals surface area contributed by atoms with Crippen molar-refractivity contribution >= 4 is 46.6 Å². The Morgan fingerprint density at radius 3 is 2.84 bits per heavy atom. The molecule has 3 aromatic rings. The SMILES string of the molecule is C=CCn1c(COc2cc(Cl)ccc2Cl)nnc1SCC(=O)Nc1ccccc1CC. The van der Waals surface area contributed by atoms with Crippen LogP contribution in [0.3, 0.4) is 0 Å². The first-order valence-electron chi connectivity index (χ1n) is 9.63. The van der Waals surface area contributed by atoms with Gasteiger partial charge in [0, 0.05) is 23.3 Å². The average Bonchev–Trinajstić information content (AvgIpc) is 3.15. The number of nitrogens with one attached hydrogen (secondary N) is 1. The number of rotatable bonds is 10. The minimum atomic E-state index is -0.109. The van der Waals surface area contributed by atoms with Crippen molar-refractivity contribution in [1.29, 1.82) is 0 Å². The van der Waals surface area contributed by atoms with Crippen LogP contribution in [0.2, 0.25) is 10.0 Å². The Bertz CT molecular complexity index is 1070. The quantitative estimate of drug-likeness (QED) is 0.302. The molecule has 2 aromatic carbocycles. The van der Waals surface area contributed by atoms with E-state index in [1.807, 2.05) is 28.8 Å². The Labute approximate surface area is 195 Å².